The van der Waals surface area contributed by atoms with E-state index in [4.69, 9.17) is 9.47 Å². The number of aliphatic hydroxyl groups is 1. The number of hydrogen-bond acceptors (Lipinski definition) is 4. The molecule has 1 fully saturated rings. The zero-order valence-corrected chi connectivity index (χ0v) is 7.49. The molecule has 1 aliphatic heterocycles. The van der Waals surface area contributed by atoms with Gasteiger partial charge in [0.2, 0.25) is 6.79 Å². The van der Waals surface area contributed by atoms with Crippen molar-refractivity contribution in [3.8, 4) is 17.2 Å². The Balaban J connectivity index is 2.21. The SMILES string of the molecule is Oc1ccc2c(c1C1(O)CC1)OCO2. The van der Waals surface area contributed by atoms with Crippen LogP contribution < -0.4 is 9.47 Å². The van der Waals surface area contributed by atoms with E-state index in [-0.39, 0.29) is 12.5 Å². The van der Waals surface area contributed by atoms with Crippen LogP contribution in [0.4, 0.5) is 0 Å². The lowest BCUT2D eigenvalue weighted by atomic mass is 10.0. The average molecular weight is 194 g/mol. The fraction of sp³-hybridized carbons (Fsp3) is 0.400. The first-order valence-corrected chi connectivity index (χ1v) is 4.55. The van der Waals surface area contributed by atoms with Gasteiger partial charge in [0, 0.05) is 0 Å². The summed E-state index contributed by atoms with van der Waals surface area (Å²) in [6.07, 6.45) is 1.33. The lowest BCUT2D eigenvalue weighted by molar-refractivity contribution is 0.137. The summed E-state index contributed by atoms with van der Waals surface area (Å²) in [5.41, 5.74) is -0.421. The Labute approximate surface area is 80.7 Å². The number of aromatic hydroxyl groups is 1. The van der Waals surface area contributed by atoms with Crippen molar-refractivity contribution in [1.29, 1.82) is 0 Å². The number of phenols is 1. The van der Waals surface area contributed by atoms with Crippen LogP contribution in [0.3, 0.4) is 0 Å². The van der Waals surface area contributed by atoms with Crippen molar-refractivity contribution in [3.63, 3.8) is 0 Å². The Hall–Kier alpha value is -1.42. The second kappa shape index (κ2) is 2.33. The van der Waals surface area contributed by atoms with Crippen LogP contribution >= 0.6 is 0 Å². The van der Waals surface area contributed by atoms with Crippen LogP contribution in [0.5, 0.6) is 17.2 Å². The molecular formula is C10H10O4. The molecule has 0 saturated heterocycles. The topological polar surface area (TPSA) is 58.9 Å². The molecule has 0 bridgehead atoms. The van der Waals surface area contributed by atoms with E-state index in [1.165, 1.54) is 6.07 Å². The van der Waals surface area contributed by atoms with Gasteiger partial charge >= 0.3 is 0 Å². The molecule has 1 aromatic rings. The van der Waals surface area contributed by atoms with Gasteiger partial charge in [0.1, 0.15) is 5.75 Å². The van der Waals surface area contributed by atoms with E-state index >= 15 is 0 Å². The number of fused-ring (bicyclic) bond motifs is 1. The third-order valence-electron chi connectivity index (χ3n) is 2.71. The molecule has 1 aliphatic carbocycles. The van der Waals surface area contributed by atoms with Gasteiger partial charge in [0.05, 0.1) is 11.2 Å². The van der Waals surface area contributed by atoms with Gasteiger partial charge in [0.15, 0.2) is 11.5 Å². The van der Waals surface area contributed by atoms with E-state index in [1.807, 2.05) is 0 Å². The molecule has 0 radical (unpaired) electrons. The second-order valence-corrected chi connectivity index (χ2v) is 3.73. The number of ether oxygens (including phenoxy) is 2. The van der Waals surface area contributed by atoms with E-state index in [0.717, 1.165) is 0 Å². The maximum absolute atomic E-state index is 9.95. The lowest BCUT2D eigenvalue weighted by Gasteiger charge is -2.12. The van der Waals surface area contributed by atoms with Gasteiger partial charge in [-0.1, -0.05) is 0 Å². The van der Waals surface area contributed by atoms with Crippen LogP contribution in [0.2, 0.25) is 0 Å². The van der Waals surface area contributed by atoms with E-state index in [0.29, 0.717) is 29.9 Å². The van der Waals surface area contributed by atoms with Gasteiger partial charge in [-0.25, -0.2) is 0 Å². The predicted molar refractivity (Wildman–Crippen MR) is 47.4 cm³/mol. The first-order chi connectivity index (χ1) is 6.71. The van der Waals surface area contributed by atoms with Gasteiger partial charge in [-0.3, -0.25) is 0 Å². The summed E-state index contributed by atoms with van der Waals surface area (Å²) in [5, 5.41) is 19.6. The molecule has 0 aromatic heterocycles. The number of phenolic OH excluding ortho intramolecular Hbond substituents is 1. The standard InChI is InChI=1S/C10H10O4/c11-6-1-2-7-9(14-5-13-7)8(6)10(12)3-4-10/h1-2,11-12H,3-5H2. The van der Waals surface area contributed by atoms with Crippen molar-refractivity contribution in [1.82, 2.24) is 0 Å². The summed E-state index contributed by atoms with van der Waals surface area (Å²) in [6, 6.07) is 3.17. The highest BCUT2D eigenvalue weighted by Crippen LogP contribution is 2.55. The average Bonchev–Trinajstić information content (AvgIpc) is 2.74. The molecule has 1 aromatic carbocycles. The lowest BCUT2D eigenvalue weighted by Crippen LogP contribution is -2.06. The Morgan fingerprint density at radius 3 is 2.71 bits per heavy atom. The molecule has 0 amide bonds. The Bertz CT molecular complexity index is 395. The van der Waals surface area contributed by atoms with Gasteiger partial charge in [0.25, 0.3) is 0 Å². The quantitative estimate of drug-likeness (QED) is 0.702. The van der Waals surface area contributed by atoms with Gasteiger partial charge in [-0.2, -0.15) is 0 Å². The molecule has 3 rings (SSSR count). The molecule has 1 heterocycles. The largest absolute Gasteiger partial charge is 0.507 e. The highest BCUT2D eigenvalue weighted by Gasteiger charge is 2.47. The van der Waals surface area contributed by atoms with Crippen molar-refractivity contribution in [2.75, 3.05) is 6.79 Å². The summed E-state index contributed by atoms with van der Waals surface area (Å²) < 4.78 is 10.4. The van der Waals surface area contributed by atoms with Crippen molar-refractivity contribution in [2.45, 2.75) is 18.4 Å². The predicted octanol–water partition coefficient (Wildman–Crippen LogP) is 1.10. The molecule has 1 saturated carbocycles. The Kier molecular flexibility index (Phi) is 1.32. The zero-order chi connectivity index (χ0) is 9.76. The van der Waals surface area contributed by atoms with E-state index in [2.05, 4.69) is 0 Å². The van der Waals surface area contributed by atoms with Crippen LogP contribution in [0, 0.1) is 0 Å². The summed E-state index contributed by atoms with van der Waals surface area (Å²) in [6.45, 7) is 0.155. The summed E-state index contributed by atoms with van der Waals surface area (Å²) in [5.74, 6) is 1.16. The second-order valence-electron chi connectivity index (χ2n) is 3.73. The van der Waals surface area contributed by atoms with Crippen LogP contribution in [0.15, 0.2) is 12.1 Å². The number of rotatable bonds is 1. The van der Waals surface area contributed by atoms with Crippen molar-refractivity contribution < 1.29 is 19.7 Å². The van der Waals surface area contributed by atoms with E-state index in [1.54, 1.807) is 6.07 Å². The maximum Gasteiger partial charge on any atom is 0.231 e. The summed E-state index contributed by atoms with van der Waals surface area (Å²) in [4.78, 5) is 0. The van der Waals surface area contributed by atoms with Crippen molar-refractivity contribution in [3.05, 3.63) is 17.7 Å². The fourth-order valence-corrected chi connectivity index (χ4v) is 1.78. The molecule has 2 aliphatic rings. The highest BCUT2D eigenvalue weighted by molar-refractivity contribution is 5.58. The van der Waals surface area contributed by atoms with E-state index in [9.17, 15) is 10.2 Å². The molecular weight excluding hydrogens is 184 g/mol. The van der Waals surface area contributed by atoms with Crippen molar-refractivity contribution >= 4 is 0 Å². The highest BCUT2D eigenvalue weighted by atomic mass is 16.7. The number of hydrogen-bond donors (Lipinski definition) is 2. The maximum atomic E-state index is 9.95. The van der Waals surface area contributed by atoms with Crippen LogP contribution in [-0.4, -0.2) is 17.0 Å². The molecule has 74 valence electrons. The Morgan fingerprint density at radius 2 is 2.00 bits per heavy atom. The van der Waals surface area contributed by atoms with Gasteiger partial charge in [-0.15, -0.1) is 0 Å². The van der Waals surface area contributed by atoms with E-state index < -0.39 is 5.60 Å². The number of benzene rings is 1. The van der Waals surface area contributed by atoms with Crippen LogP contribution in [-0.2, 0) is 5.60 Å². The summed E-state index contributed by atoms with van der Waals surface area (Å²) >= 11 is 0. The first-order valence-electron chi connectivity index (χ1n) is 4.55. The van der Waals surface area contributed by atoms with Gasteiger partial charge in [-0.05, 0) is 25.0 Å². The molecule has 4 nitrogen and oxygen atoms in total. The minimum Gasteiger partial charge on any atom is -0.507 e. The Morgan fingerprint density at radius 1 is 1.21 bits per heavy atom. The molecule has 4 heteroatoms. The smallest absolute Gasteiger partial charge is 0.231 e. The molecule has 2 N–H and O–H groups in total. The minimum atomic E-state index is -0.900. The third-order valence-corrected chi connectivity index (χ3v) is 2.71. The molecule has 14 heavy (non-hydrogen) atoms. The fourth-order valence-electron chi connectivity index (χ4n) is 1.78. The minimum absolute atomic E-state index is 0.0780. The molecule has 0 atom stereocenters. The molecule has 0 spiro atoms. The monoisotopic (exact) mass is 194 g/mol. The zero-order valence-electron chi connectivity index (χ0n) is 7.49. The molecule has 0 unspecified atom stereocenters. The van der Waals surface area contributed by atoms with Gasteiger partial charge < -0.3 is 19.7 Å². The normalized spacial score (nSPS) is 20.9. The van der Waals surface area contributed by atoms with Crippen LogP contribution in [0.25, 0.3) is 0 Å². The third kappa shape index (κ3) is 0.915. The van der Waals surface area contributed by atoms with Crippen molar-refractivity contribution in [2.24, 2.45) is 0 Å². The first kappa shape index (κ1) is 7.94. The summed E-state index contributed by atoms with van der Waals surface area (Å²) in [7, 11) is 0. The van der Waals surface area contributed by atoms with Crippen LogP contribution in [0.1, 0.15) is 18.4 Å².